The molecule has 5 nitrogen and oxygen atoms in total. The van der Waals surface area contributed by atoms with E-state index in [0.29, 0.717) is 17.2 Å². The fraction of sp³-hybridized carbons (Fsp3) is 0.947. The molecule has 0 aromatic carbocycles. The van der Waals surface area contributed by atoms with Crippen molar-refractivity contribution in [3.63, 3.8) is 0 Å². The summed E-state index contributed by atoms with van der Waals surface area (Å²) >= 11 is 0. The van der Waals surface area contributed by atoms with Crippen molar-refractivity contribution in [2.24, 2.45) is 10.9 Å². The summed E-state index contributed by atoms with van der Waals surface area (Å²) in [5, 5.41) is 7.37. The number of rotatable bonds is 8. The van der Waals surface area contributed by atoms with Gasteiger partial charge in [-0.2, -0.15) is 0 Å². The predicted molar refractivity (Wildman–Crippen MR) is 124 cm³/mol. The number of likely N-dealkylation sites (tertiary alicyclic amines) is 1. The smallest absolute Gasteiger partial charge is 0.191 e. The first-order chi connectivity index (χ1) is 12.2. The van der Waals surface area contributed by atoms with Gasteiger partial charge in [-0.25, -0.2) is 0 Å². The average Bonchev–Trinajstić information content (AvgIpc) is 3.07. The first-order valence-electron chi connectivity index (χ1n) is 10.3. The van der Waals surface area contributed by atoms with Crippen LogP contribution >= 0.6 is 24.0 Å². The molecule has 1 saturated carbocycles. The Bertz CT molecular complexity index is 449. The van der Waals surface area contributed by atoms with E-state index in [2.05, 4.69) is 29.4 Å². The molecule has 2 aliphatic rings. The molecule has 0 radical (unpaired) electrons. The summed E-state index contributed by atoms with van der Waals surface area (Å²) in [5.74, 6) is 2.42. The van der Waals surface area contributed by atoms with Crippen LogP contribution in [0.2, 0.25) is 0 Å². The van der Waals surface area contributed by atoms with E-state index in [0.717, 1.165) is 44.1 Å². The van der Waals surface area contributed by atoms with Crippen molar-refractivity contribution in [1.29, 1.82) is 0 Å². The Hall–Kier alpha value is 0.110. The van der Waals surface area contributed by atoms with Crippen molar-refractivity contribution in [1.82, 2.24) is 15.5 Å². The summed E-state index contributed by atoms with van der Waals surface area (Å²) in [6.07, 6.45) is 6.96. The first kappa shape index (κ1) is 24.1. The van der Waals surface area contributed by atoms with E-state index in [1.807, 2.05) is 6.92 Å². The molecule has 2 fully saturated rings. The molecule has 4 unspecified atom stereocenters. The third kappa shape index (κ3) is 8.00. The largest absolute Gasteiger partial charge is 0.357 e. The zero-order valence-corrected chi connectivity index (χ0v) is 20.0. The Balaban J connectivity index is 0.00000338. The van der Waals surface area contributed by atoms with Crippen LogP contribution in [0.5, 0.6) is 0 Å². The highest BCUT2D eigenvalue weighted by Gasteiger charge is 2.26. The standard InChI is InChI=1S/C19H38N4OS.HI/c1-4-11-23-12-10-16(15-23)14-21-19(20-5-2)22-17-8-7-9-18(13-17)25(24)6-3;/h16-18H,4-15H2,1-3H3,(H2,20,21,22);1H. The minimum atomic E-state index is -0.670. The molecule has 1 heterocycles. The minimum absolute atomic E-state index is 0. The molecule has 1 aliphatic carbocycles. The number of nitrogens with one attached hydrogen (secondary N) is 2. The number of nitrogens with zero attached hydrogens (tertiary/aromatic N) is 2. The van der Waals surface area contributed by atoms with Gasteiger partial charge in [-0.3, -0.25) is 9.20 Å². The Morgan fingerprint density at radius 2 is 2.04 bits per heavy atom. The summed E-state index contributed by atoms with van der Waals surface area (Å²) in [4.78, 5) is 7.43. The molecule has 0 aromatic heterocycles. The third-order valence-corrected chi connectivity index (χ3v) is 7.13. The number of guanidine groups is 1. The highest BCUT2D eigenvalue weighted by Crippen LogP contribution is 2.23. The molecule has 0 spiro atoms. The van der Waals surface area contributed by atoms with Crippen LogP contribution in [0.25, 0.3) is 0 Å². The summed E-state index contributed by atoms with van der Waals surface area (Å²) in [6.45, 7) is 11.8. The Kier molecular flexibility index (Phi) is 12.4. The Morgan fingerprint density at radius 3 is 2.73 bits per heavy atom. The summed E-state index contributed by atoms with van der Waals surface area (Å²) in [5.41, 5.74) is 0. The van der Waals surface area contributed by atoms with Gasteiger partial charge in [-0.1, -0.05) is 20.3 Å². The van der Waals surface area contributed by atoms with Crippen molar-refractivity contribution >= 4 is 40.7 Å². The molecule has 2 N–H and O–H groups in total. The van der Waals surface area contributed by atoms with Gasteiger partial charge >= 0.3 is 0 Å². The second kappa shape index (κ2) is 13.3. The second-order valence-electron chi connectivity index (χ2n) is 7.47. The average molecular weight is 499 g/mol. The lowest BCUT2D eigenvalue weighted by atomic mass is 9.95. The van der Waals surface area contributed by atoms with Crippen molar-refractivity contribution in [2.45, 2.75) is 70.6 Å². The molecule has 1 aliphatic heterocycles. The van der Waals surface area contributed by atoms with Crippen LogP contribution in [0, 0.1) is 5.92 Å². The van der Waals surface area contributed by atoms with Gasteiger partial charge in [0.05, 0.1) is 0 Å². The van der Waals surface area contributed by atoms with Crippen LogP contribution in [-0.2, 0) is 10.8 Å². The molecule has 26 heavy (non-hydrogen) atoms. The van der Waals surface area contributed by atoms with E-state index in [-0.39, 0.29) is 24.0 Å². The van der Waals surface area contributed by atoms with E-state index in [4.69, 9.17) is 4.99 Å². The van der Waals surface area contributed by atoms with Crippen LogP contribution < -0.4 is 10.6 Å². The Morgan fingerprint density at radius 1 is 1.23 bits per heavy atom. The van der Waals surface area contributed by atoms with Crippen molar-refractivity contribution in [2.75, 3.05) is 38.5 Å². The maximum Gasteiger partial charge on any atom is 0.191 e. The lowest BCUT2D eigenvalue weighted by Crippen LogP contribution is -2.46. The SMILES string of the molecule is CCCN1CCC(CN=C(NCC)NC2CCCC(S(=O)CC)C2)C1.I. The van der Waals surface area contributed by atoms with Crippen LogP contribution in [0.1, 0.15) is 59.3 Å². The maximum atomic E-state index is 12.1. The maximum absolute atomic E-state index is 12.1. The third-order valence-electron chi connectivity index (χ3n) is 5.38. The van der Waals surface area contributed by atoms with Crippen molar-refractivity contribution in [3.05, 3.63) is 0 Å². The van der Waals surface area contributed by atoms with E-state index >= 15 is 0 Å². The molecule has 1 saturated heterocycles. The van der Waals surface area contributed by atoms with E-state index in [1.54, 1.807) is 0 Å². The fourth-order valence-electron chi connectivity index (χ4n) is 4.07. The highest BCUT2D eigenvalue weighted by molar-refractivity contribution is 14.0. The van der Waals surface area contributed by atoms with E-state index < -0.39 is 10.8 Å². The topological polar surface area (TPSA) is 56.7 Å². The van der Waals surface area contributed by atoms with Gasteiger partial charge in [-0.05, 0) is 58.0 Å². The van der Waals surface area contributed by atoms with Crippen LogP contribution in [0.15, 0.2) is 4.99 Å². The zero-order chi connectivity index (χ0) is 18.1. The molecular weight excluding hydrogens is 459 g/mol. The number of halogens is 1. The number of hydrogen-bond acceptors (Lipinski definition) is 3. The monoisotopic (exact) mass is 498 g/mol. The normalized spacial score (nSPS) is 28.4. The van der Waals surface area contributed by atoms with Gasteiger partial charge in [-0.15, -0.1) is 24.0 Å². The summed E-state index contributed by atoms with van der Waals surface area (Å²) < 4.78 is 12.1. The van der Waals surface area contributed by atoms with Crippen molar-refractivity contribution in [3.8, 4) is 0 Å². The lowest BCUT2D eigenvalue weighted by molar-refractivity contribution is 0.326. The van der Waals surface area contributed by atoms with E-state index in [9.17, 15) is 4.21 Å². The van der Waals surface area contributed by atoms with Gasteiger partial charge in [0.1, 0.15) is 0 Å². The summed E-state index contributed by atoms with van der Waals surface area (Å²) in [7, 11) is -0.670. The number of aliphatic imine (C=N–C) groups is 1. The molecule has 0 amide bonds. The second-order valence-corrected chi connectivity index (χ2v) is 9.48. The van der Waals surface area contributed by atoms with Crippen LogP contribution in [0.4, 0.5) is 0 Å². The van der Waals surface area contributed by atoms with E-state index in [1.165, 1.54) is 38.9 Å². The minimum Gasteiger partial charge on any atom is -0.357 e. The van der Waals surface area contributed by atoms with Gasteiger partial charge in [0.2, 0.25) is 0 Å². The first-order valence-corrected chi connectivity index (χ1v) is 11.7. The molecule has 2 rings (SSSR count). The molecule has 7 heteroatoms. The molecule has 154 valence electrons. The highest BCUT2D eigenvalue weighted by atomic mass is 127. The zero-order valence-electron chi connectivity index (χ0n) is 16.8. The van der Waals surface area contributed by atoms with Crippen molar-refractivity contribution < 1.29 is 4.21 Å². The van der Waals surface area contributed by atoms with Gasteiger partial charge in [0.15, 0.2) is 5.96 Å². The molecular formula is C19H39IN4OS. The van der Waals surface area contributed by atoms with Gasteiger partial charge in [0, 0.05) is 47.5 Å². The summed E-state index contributed by atoms with van der Waals surface area (Å²) in [6, 6.07) is 0.409. The molecule has 0 aromatic rings. The van der Waals surface area contributed by atoms with Gasteiger partial charge < -0.3 is 15.5 Å². The quantitative estimate of drug-likeness (QED) is 0.307. The fourth-order valence-corrected chi connectivity index (χ4v) is 5.41. The predicted octanol–water partition coefficient (Wildman–Crippen LogP) is 2.97. The molecule has 4 atom stereocenters. The Labute approximate surface area is 180 Å². The number of hydrogen-bond donors (Lipinski definition) is 2. The van der Waals surface area contributed by atoms with Gasteiger partial charge in [0.25, 0.3) is 0 Å². The van der Waals surface area contributed by atoms with Crippen LogP contribution in [-0.4, -0.2) is 64.8 Å². The lowest BCUT2D eigenvalue weighted by Gasteiger charge is -2.30. The molecule has 0 bridgehead atoms. The van der Waals surface area contributed by atoms with Crippen LogP contribution in [0.3, 0.4) is 0 Å².